The predicted octanol–water partition coefficient (Wildman–Crippen LogP) is 1.41. The van der Waals surface area contributed by atoms with Gasteiger partial charge in [-0.15, -0.1) is 0 Å². The Balaban J connectivity index is 2.80. The summed E-state index contributed by atoms with van der Waals surface area (Å²) in [6, 6.07) is 2.74. The maximum absolute atomic E-state index is 12.9. The molecule has 0 bridgehead atoms. The normalized spacial score (nSPS) is 10.3. The van der Waals surface area contributed by atoms with E-state index in [4.69, 9.17) is 0 Å². The van der Waals surface area contributed by atoms with Gasteiger partial charge in [-0.25, -0.2) is 9.18 Å². The minimum Gasteiger partial charge on any atom is -0.466 e. The molecule has 0 aliphatic heterocycles. The number of hydrogen-bond acceptors (Lipinski definition) is 3. The first-order chi connectivity index (χ1) is 6.24. The van der Waals surface area contributed by atoms with Gasteiger partial charge in [0.25, 0.3) is 0 Å². The Hall–Kier alpha value is -1.71. The fourth-order valence-electron chi connectivity index (χ4n) is 0.736. The average molecular weight is 181 g/mol. The number of esters is 1. The van der Waals surface area contributed by atoms with Gasteiger partial charge >= 0.3 is 5.97 Å². The highest BCUT2D eigenvalue weighted by Crippen LogP contribution is 2.04. The summed E-state index contributed by atoms with van der Waals surface area (Å²) in [6.45, 7) is 0. The highest BCUT2D eigenvalue weighted by atomic mass is 19.1. The van der Waals surface area contributed by atoms with Crippen LogP contribution in [-0.4, -0.2) is 18.1 Å². The topological polar surface area (TPSA) is 39.2 Å². The Kier molecular flexibility index (Phi) is 3.14. The molecule has 0 spiro atoms. The second-order valence-electron chi connectivity index (χ2n) is 2.23. The summed E-state index contributed by atoms with van der Waals surface area (Å²) in [5.41, 5.74) is 0.118. The van der Waals surface area contributed by atoms with Gasteiger partial charge in [-0.2, -0.15) is 0 Å². The number of carbonyl (C=O) groups excluding carboxylic acids is 1. The number of methoxy groups -OCH3 is 1. The van der Waals surface area contributed by atoms with Crippen LogP contribution in [-0.2, 0) is 9.53 Å². The molecule has 1 aromatic rings. The molecule has 4 heteroatoms. The maximum Gasteiger partial charge on any atom is 0.330 e. The summed E-state index contributed by atoms with van der Waals surface area (Å²) in [6.07, 6.45) is 3.83. The standard InChI is InChI=1S/C9H8FNO2/c1-13-9(12)5-4-8-7(10)3-2-6-11-8/h2-6H,1H3/b5-4+. The minimum atomic E-state index is -0.537. The highest BCUT2D eigenvalue weighted by Gasteiger charge is 1.98. The lowest BCUT2D eigenvalue weighted by atomic mass is 10.3. The molecule has 0 aliphatic rings. The van der Waals surface area contributed by atoms with Gasteiger partial charge < -0.3 is 4.74 Å². The SMILES string of the molecule is COC(=O)/C=C/c1ncccc1F. The summed E-state index contributed by atoms with van der Waals surface area (Å²) in [5, 5.41) is 0. The quantitative estimate of drug-likeness (QED) is 0.511. The summed E-state index contributed by atoms with van der Waals surface area (Å²) < 4.78 is 17.2. The third kappa shape index (κ3) is 2.66. The van der Waals surface area contributed by atoms with Crippen LogP contribution in [0.25, 0.3) is 6.08 Å². The Labute approximate surface area is 74.9 Å². The summed E-state index contributed by atoms with van der Waals surface area (Å²) in [4.78, 5) is 14.4. The molecule has 1 aromatic heterocycles. The van der Waals surface area contributed by atoms with Gasteiger partial charge in [0, 0.05) is 12.3 Å². The zero-order valence-electron chi connectivity index (χ0n) is 7.03. The number of carbonyl (C=O) groups is 1. The Morgan fingerprint density at radius 2 is 2.46 bits per heavy atom. The monoisotopic (exact) mass is 181 g/mol. The first-order valence-electron chi connectivity index (χ1n) is 3.60. The maximum atomic E-state index is 12.9. The van der Waals surface area contributed by atoms with E-state index in [9.17, 15) is 9.18 Å². The lowest BCUT2D eigenvalue weighted by Crippen LogP contribution is -1.94. The fraction of sp³-hybridized carbons (Fsp3) is 0.111. The molecule has 0 fully saturated rings. The zero-order valence-corrected chi connectivity index (χ0v) is 7.03. The molecule has 1 heterocycles. The zero-order chi connectivity index (χ0) is 9.68. The van der Waals surface area contributed by atoms with Gasteiger partial charge in [-0.05, 0) is 18.2 Å². The first kappa shape index (κ1) is 9.38. The number of halogens is 1. The molecule has 68 valence electrons. The van der Waals surface area contributed by atoms with E-state index in [1.165, 1.54) is 31.5 Å². The number of ether oxygens (including phenoxy) is 1. The molecule has 0 N–H and O–H groups in total. The second kappa shape index (κ2) is 4.35. The van der Waals surface area contributed by atoms with Gasteiger partial charge in [-0.3, -0.25) is 4.98 Å². The first-order valence-corrected chi connectivity index (χ1v) is 3.60. The molecule has 1 rings (SSSR count). The van der Waals surface area contributed by atoms with E-state index >= 15 is 0 Å². The molecular weight excluding hydrogens is 173 g/mol. The van der Waals surface area contributed by atoms with Crippen LogP contribution in [0, 0.1) is 5.82 Å². The molecule has 0 aliphatic carbocycles. The number of rotatable bonds is 2. The lowest BCUT2D eigenvalue weighted by molar-refractivity contribution is -0.134. The van der Waals surface area contributed by atoms with Crippen molar-refractivity contribution in [3.05, 3.63) is 35.9 Å². The third-order valence-electron chi connectivity index (χ3n) is 1.37. The van der Waals surface area contributed by atoms with Crippen molar-refractivity contribution >= 4 is 12.0 Å². The summed E-state index contributed by atoms with van der Waals surface area (Å²) in [7, 11) is 1.25. The van der Waals surface area contributed by atoms with Crippen molar-refractivity contribution < 1.29 is 13.9 Å². The van der Waals surface area contributed by atoms with Crippen LogP contribution in [0.1, 0.15) is 5.69 Å². The van der Waals surface area contributed by atoms with Gasteiger partial charge in [0.05, 0.1) is 12.8 Å². The van der Waals surface area contributed by atoms with Crippen molar-refractivity contribution in [1.82, 2.24) is 4.98 Å². The van der Waals surface area contributed by atoms with Gasteiger partial charge in [0.2, 0.25) is 0 Å². The van der Waals surface area contributed by atoms with Crippen LogP contribution < -0.4 is 0 Å². The number of hydrogen-bond donors (Lipinski definition) is 0. The summed E-state index contributed by atoms with van der Waals surface area (Å²) in [5.74, 6) is -1.01. The second-order valence-corrected chi connectivity index (χ2v) is 2.23. The van der Waals surface area contributed by atoms with E-state index in [0.29, 0.717) is 0 Å². The van der Waals surface area contributed by atoms with E-state index in [-0.39, 0.29) is 5.69 Å². The fourth-order valence-corrected chi connectivity index (χ4v) is 0.736. The lowest BCUT2D eigenvalue weighted by Gasteiger charge is -1.93. The Bertz CT molecular complexity index is 336. The van der Waals surface area contributed by atoms with E-state index < -0.39 is 11.8 Å². The molecule has 0 aromatic carbocycles. The van der Waals surface area contributed by atoms with E-state index in [1.807, 2.05) is 0 Å². The van der Waals surface area contributed by atoms with E-state index in [1.54, 1.807) is 0 Å². The van der Waals surface area contributed by atoms with Crippen LogP contribution in [0.5, 0.6) is 0 Å². The molecule has 0 atom stereocenters. The van der Waals surface area contributed by atoms with Crippen molar-refractivity contribution in [2.45, 2.75) is 0 Å². The molecule has 13 heavy (non-hydrogen) atoms. The van der Waals surface area contributed by atoms with Crippen molar-refractivity contribution in [3.8, 4) is 0 Å². The largest absolute Gasteiger partial charge is 0.466 e. The van der Waals surface area contributed by atoms with Crippen LogP contribution in [0.2, 0.25) is 0 Å². The van der Waals surface area contributed by atoms with Crippen LogP contribution in [0.4, 0.5) is 4.39 Å². The number of nitrogens with zero attached hydrogens (tertiary/aromatic N) is 1. The van der Waals surface area contributed by atoms with Crippen LogP contribution >= 0.6 is 0 Å². The van der Waals surface area contributed by atoms with Crippen LogP contribution in [0.15, 0.2) is 24.4 Å². The number of pyridine rings is 1. The third-order valence-corrected chi connectivity index (χ3v) is 1.37. The van der Waals surface area contributed by atoms with Crippen LogP contribution in [0.3, 0.4) is 0 Å². The highest BCUT2D eigenvalue weighted by molar-refractivity contribution is 5.86. The van der Waals surface area contributed by atoms with Crippen molar-refractivity contribution in [1.29, 1.82) is 0 Å². The van der Waals surface area contributed by atoms with Gasteiger partial charge in [0.15, 0.2) is 0 Å². The number of aromatic nitrogens is 1. The average Bonchev–Trinajstić information content (AvgIpc) is 2.16. The van der Waals surface area contributed by atoms with E-state index in [2.05, 4.69) is 9.72 Å². The molecule has 0 radical (unpaired) electrons. The molecule has 3 nitrogen and oxygen atoms in total. The van der Waals surface area contributed by atoms with Crippen molar-refractivity contribution in [2.75, 3.05) is 7.11 Å². The summed E-state index contributed by atoms with van der Waals surface area (Å²) >= 11 is 0. The van der Waals surface area contributed by atoms with Gasteiger partial charge in [0.1, 0.15) is 5.82 Å². The van der Waals surface area contributed by atoms with Crippen molar-refractivity contribution in [3.63, 3.8) is 0 Å². The molecule has 0 saturated carbocycles. The molecule has 0 amide bonds. The molecular formula is C9H8FNO2. The van der Waals surface area contributed by atoms with Crippen molar-refractivity contribution in [2.24, 2.45) is 0 Å². The molecule has 0 saturated heterocycles. The predicted molar refractivity (Wildman–Crippen MR) is 45.2 cm³/mol. The Morgan fingerprint density at radius 3 is 3.08 bits per heavy atom. The smallest absolute Gasteiger partial charge is 0.330 e. The minimum absolute atomic E-state index is 0.118. The van der Waals surface area contributed by atoms with E-state index in [0.717, 1.165) is 6.08 Å². The van der Waals surface area contributed by atoms with Gasteiger partial charge in [-0.1, -0.05) is 0 Å². The Morgan fingerprint density at radius 1 is 1.69 bits per heavy atom. The molecule has 0 unspecified atom stereocenters.